The summed E-state index contributed by atoms with van der Waals surface area (Å²) in [5.74, 6) is -3.82. The number of para-hydroxylation sites is 2. The van der Waals surface area contributed by atoms with Crippen LogP contribution in [0.3, 0.4) is 0 Å². The van der Waals surface area contributed by atoms with Crippen LogP contribution in [0.2, 0.25) is 0 Å². The molecule has 2 heterocycles. The number of amides is 1. The molecule has 0 aliphatic rings. The number of imidazole rings is 1. The molecule has 0 saturated heterocycles. The minimum Gasteiger partial charge on any atom is -0.349 e. The maximum absolute atomic E-state index is 14.9. The van der Waals surface area contributed by atoms with E-state index in [4.69, 9.17) is 0 Å². The Bertz CT molecular complexity index is 858. The van der Waals surface area contributed by atoms with Gasteiger partial charge in [-0.15, -0.1) is 0 Å². The molecule has 1 amide bonds. The molecule has 0 bridgehead atoms. The summed E-state index contributed by atoms with van der Waals surface area (Å²) < 4.78 is 31.2. The third-order valence-corrected chi connectivity index (χ3v) is 4.60. The first-order valence-corrected chi connectivity index (χ1v) is 8.42. The first-order valence-electron chi connectivity index (χ1n) is 7.47. The van der Waals surface area contributed by atoms with Crippen LogP contribution in [0.1, 0.15) is 30.8 Å². The van der Waals surface area contributed by atoms with E-state index in [0.717, 1.165) is 0 Å². The first-order chi connectivity index (χ1) is 11.4. The highest BCUT2D eigenvalue weighted by Gasteiger charge is 2.40. The lowest BCUT2D eigenvalue weighted by Crippen LogP contribution is -2.31. The van der Waals surface area contributed by atoms with Gasteiger partial charge in [0, 0.05) is 20.4 Å². The number of hydrogen-bond donors (Lipinski definition) is 1. The van der Waals surface area contributed by atoms with Crippen LogP contribution in [0, 0.1) is 0 Å². The van der Waals surface area contributed by atoms with Crippen LogP contribution in [0.4, 0.5) is 8.78 Å². The second-order valence-corrected chi connectivity index (χ2v) is 6.48. The second kappa shape index (κ2) is 6.32. The highest BCUT2D eigenvalue weighted by atomic mass is 32.1. The Morgan fingerprint density at radius 2 is 2.12 bits per heavy atom. The van der Waals surface area contributed by atoms with E-state index in [0.29, 0.717) is 16.6 Å². The summed E-state index contributed by atoms with van der Waals surface area (Å²) in [6.07, 6.45) is -0.541. The zero-order valence-corrected chi connectivity index (χ0v) is 14.1. The normalized spacial score (nSPS) is 13.2. The highest BCUT2D eigenvalue weighted by molar-refractivity contribution is 7.07. The van der Waals surface area contributed by atoms with Crippen molar-refractivity contribution in [2.24, 2.45) is 7.05 Å². The van der Waals surface area contributed by atoms with Crippen molar-refractivity contribution in [1.29, 1.82) is 0 Å². The number of fused-ring (bicyclic) bond motifs is 1. The van der Waals surface area contributed by atoms with Gasteiger partial charge in [0.15, 0.2) is 5.82 Å². The van der Waals surface area contributed by atoms with Gasteiger partial charge >= 0.3 is 5.92 Å². The van der Waals surface area contributed by atoms with Crippen molar-refractivity contribution < 1.29 is 13.6 Å². The van der Waals surface area contributed by atoms with Gasteiger partial charge in [0.2, 0.25) is 5.91 Å². The number of nitrogens with one attached hydrogen (secondary N) is 1. The molecule has 1 atom stereocenters. The van der Waals surface area contributed by atoms with E-state index >= 15 is 0 Å². The van der Waals surface area contributed by atoms with Gasteiger partial charge in [-0.1, -0.05) is 12.1 Å². The predicted octanol–water partition coefficient (Wildman–Crippen LogP) is 3.99. The molecule has 7 heteroatoms. The molecule has 0 fully saturated rings. The van der Waals surface area contributed by atoms with Crippen molar-refractivity contribution in [1.82, 2.24) is 14.9 Å². The third kappa shape index (κ3) is 3.17. The maximum atomic E-state index is 14.9. The Hall–Kier alpha value is -2.28. The van der Waals surface area contributed by atoms with Crippen LogP contribution in [0.15, 0.2) is 41.1 Å². The van der Waals surface area contributed by atoms with Gasteiger partial charge < -0.3 is 9.88 Å². The van der Waals surface area contributed by atoms with E-state index in [1.54, 1.807) is 48.1 Å². The summed E-state index contributed by atoms with van der Waals surface area (Å²) >= 11 is 1.41. The summed E-state index contributed by atoms with van der Waals surface area (Å²) in [6.45, 7) is 1.33. The van der Waals surface area contributed by atoms with Crippen molar-refractivity contribution >= 4 is 28.3 Å². The van der Waals surface area contributed by atoms with Crippen LogP contribution >= 0.6 is 11.3 Å². The molecule has 4 nitrogen and oxygen atoms in total. The molecule has 24 heavy (non-hydrogen) atoms. The molecule has 0 spiro atoms. The molecular weight excluding hydrogens is 332 g/mol. The van der Waals surface area contributed by atoms with Crippen molar-refractivity contribution in [3.8, 4) is 0 Å². The molecule has 126 valence electrons. The van der Waals surface area contributed by atoms with E-state index in [9.17, 15) is 13.6 Å². The van der Waals surface area contributed by atoms with E-state index < -0.39 is 18.4 Å². The molecule has 1 N–H and O–H groups in total. The summed E-state index contributed by atoms with van der Waals surface area (Å²) in [6, 6.07) is 8.00. The van der Waals surface area contributed by atoms with Crippen molar-refractivity contribution in [3.05, 3.63) is 52.5 Å². The second-order valence-electron chi connectivity index (χ2n) is 5.70. The number of rotatable bonds is 5. The number of thiophene rings is 1. The molecule has 3 aromatic rings. The molecule has 2 aromatic heterocycles. The molecule has 0 radical (unpaired) electrons. The quantitative estimate of drug-likeness (QED) is 0.757. The zero-order valence-electron chi connectivity index (χ0n) is 13.3. The van der Waals surface area contributed by atoms with Crippen molar-refractivity contribution in [2.75, 3.05) is 0 Å². The van der Waals surface area contributed by atoms with Crippen molar-refractivity contribution in [3.63, 3.8) is 0 Å². The van der Waals surface area contributed by atoms with Crippen molar-refractivity contribution in [2.45, 2.75) is 25.3 Å². The lowest BCUT2D eigenvalue weighted by Gasteiger charge is -2.23. The van der Waals surface area contributed by atoms with Gasteiger partial charge in [-0.3, -0.25) is 4.79 Å². The minimum absolute atomic E-state index is 0.297. The summed E-state index contributed by atoms with van der Waals surface area (Å²) in [7, 11) is 1.58. The number of aromatic nitrogens is 2. The maximum Gasteiger partial charge on any atom is 0.307 e. The summed E-state index contributed by atoms with van der Waals surface area (Å²) in [4.78, 5) is 15.5. The molecule has 0 aliphatic heterocycles. The highest BCUT2D eigenvalue weighted by Crippen LogP contribution is 2.38. The number of carbonyl (C=O) groups excluding carboxylic acids is 1. The number of alkyl halides is 2. The molecular formula is C17H17F2N3OS. The van der Waals surface area contributed by atoms with E-state index in [1.165, 1.54) is 22.8 Å². The van der Waals surface area contributed by atoms with E-state index in [-0.39, 0.29) is 11.7 Å². The molecule has 1 unspecified atom stereocenters. The lowest BCUT2D eigenvalue weighted by molar-refractivity contribution is -0.120. The van der Waals surface area contributed by atoms with Crippen LogP contribution in [-0.2, 0) is 17.8 Å². The first kappa shape index (κ1) is 16.6. The summed E-state index contributed by atoms with van der Waals surface area (Å²) in [5, 5.41) is 6.18. The van der Waals surface area contributed by atoms with Gasteiger partial charge in [-0.05, 0) is 34.5 Å². The fourth-order valence-corrected chi connectivity index (χ4v) is 3.51. The number of hydrogen-bond acceptors (Lipinski definition) is 3. The standard InChI is InChI=1S/C17H17F2N3OS/c1-11(23)20-14(12-7-8-24-10-12)9-17(18,19)16-21-13-5-3-4-6-15(13)22(16)2/h3-8,10,14H,9H2,1-2H3,(H,20,23). The SMILES string of the molecule is CC(=O)NC(CC(F)(F)c1nc2ccccc2n1C)c1ccsc1. The Balaban J connectivity index is 1.95. The molecule has 0 saturated carbocycles. The average Bonchev–Trinajstić information content (AvgIpc) is 3.15. The molecule has 1 aromatic carbocycles. The fraction of sp³-hybridized carbons (Fsp3) is 0.294. The monoisotopic (exact) mass is 349 g/mol. The van der Waals surface area contributed by atoms with Gasteiger partial charge in [0.25, 0.3) is 0 Å². The number of carbonyl (C=O) groups is 1. The van der Waals surface area contributed by atoms with Gasteiger partial charge in [-0.25, -0.2) is 4.98 Å². The van der Waals surface area contributed by atoms with Gasteiger partial charge in [0.05, 0.1) is 17.1 Å². The Kier molecular flexibility index (Phi) is 4.36. The topological polar surface area (TPSA) is 46.9 Å². The number of aryl methyl sites for hydroxylation is 1. The Morgan fingerprint density at radius 3 is 2.75 bits per heavy atom. The minimum atomic E-state index is -3.18. The largest absolute Gasteiger partial charge is 0.349 e. The van der Waals surface area contributed by atoms with Gasteiger partial charge in [-0.2, -0.15) is 20.1 Å². The van der Waals surface area contributed by atoms with E-state index in [1.807, 2.05) is 0 Å². The number of benzene rings is 1. The Labute approximate surface area is 142 Å². The smallest absolute Gasteiger partial charge is 0.307 e. The summed E-state index contributed by atoms with van der Waals surface area (Å²) in [5.41, 5.74) is 1.86. The average molecular weight is 349 g/mol. The van der Waals surface area contributed by atoms with Crippen LogP contribution in [0.25, 0.3) is 11.0 Å². The lowest BCUT2D eigenvalue weighted by atomic mass is 10.0. The predicted molar refractivity (Wildman–Crippen MR) is 90.1 cm³/mol. The molecule has 3 rings (SSSR count). The van der Waals surface area contributed by atoms with E-state index in [2.05, 4.69) is 10.3 Å². The zero-order chi connectivity index (χ0) is 17.3. The fourth-order valence-electron chi connectivity index (χ4n) is 2.79. The Morgan fingerprint density at radius 1 is 1.38 bits per heavy atom. The number of halogens is 2. The third-order valence-electron chi connectivity index (χ3n) is 3.90. The molecule has 0 aliphatic carbocycles. The van der Waals surface area contributed by atoms with Crippen LogP contribution < -0.4 is 5.32 Å². The van der Waals surface area contributed by atoms with Crippen LogP contribution in [0.5, 0.6) is 0 Å². The number of nitrogens with zero attached hydrogens (tertiary/aromatic N) is 2. The van der Waals surface area contributed by atoms with Crippen LogP contribution in [-0.4, -0.2) is 15.5 Å². The van der Waals surface area contributed by atoms with Gasteiger partial charge in [0.1, 0.15) is 0 Å².